The molecule has 0 aliphatic carbocycles. The van der Waals surface area contributed by atoms with Gasteiger partial charge in [0.15, 0.2) is 11.5 Å². The fraction of sp³-hybridized carbons (Fsp3) is 0.269. The van der Waals surface area contributed by atoms with Gasteiger partial charge < -0.3 is 24.2 Å². The van der Waals surface area contributed by atoms with Crippen molar-refractivity contribution in [3.8, 4) is 17.2 Å². The number of Topliss-reactive ketones (excluding diaryl/α,β-unsaturated/α-hetero) is 1. The number of rotatable bonds is 9. The topological polar surface area (TPSA) is 105 Å². The molecule has 0 spiro atoms. The van der Waals surface area contributed by atoms with Crippen molar-refractivity contribution in [1.29, 1.82) is 0 Å². The predicted octanol–water partition coefficient (Wildman–Crippen LogP) is 2.84. The number of aromatic amines is 1. The van der Waals surface area contributed by atoms with Gasteiger partial charge in [-0.25, -0.2) is 4.57 Å². The number of hydrogen-bond acceptors (Lipinski definition) is 6. The summed E-state index contributed by atoms with van der Waals surface area (Å²) < 4.78 is 17.9. The van der Waals surface area contributed by atoms with E-state index in [9.17, 15) is 14.7 Å². The molecule has 2 N–H and O–H groups in total. The first kappa shape index (κ1) is 23.9. The Bertz CT molecular complexity index is 1230. The van der Waals surface area contributed by atoms with Crippen molar-refractivity contribution in [3.05, 3.63) is 77.9 Å². The molecular formula is C26H28N3O6+. The van der Waals surface area contributed by atoms with Gasteiger partial charge in [0, 0.05) is 18.5 Å². The van der Waals surface area contributed by atoms with Crippen molar-refractivity contribution in [2.75, 3.05) is 27.9 Å². The molecule has 4 rings (SSSR count). The molecule has 0 bridgehead atoms. The van der Waals surface area contributed by atoms with Gasteiger partial charge in [0.05, 0.1) is 39.5 Å². The molecule has 0 radical (unpaired) electrons. The standard InChI is InChI=1S/C26H27N3O6/c1-33-19-8-5-17(6-9-19)24(30)22-23(18-7-10-20(34-2)21(15-18)35-3)29(26(32)25(22)31)13-4-12-28-14-11-27-16-28/h5-11,14-16,23H,4,12-13H2,1-3H3,(H,30,31)/p+1. The lowest BCUT2D eigenvalue weighted by Crippen LogP contribution is -2.36. The van der Waals surface area contributed by atoms with Gasteiger partial charge in [-0.05, 0) is 42.0 Å². The number of aliphatic hydroxyl groups is 1. The van der Waals surface area contributed by atoms with E-state index in [2.05, 4.69) is 4.98 Å². The van der Waals surface area contributed by atoms with Gasteiger partial charge in [0.2, 0.25) is 6.33 Å². The molecule has 1 unspecified atom stereocenters. The Labute approximate surface area is 203 Å². The van der Waals surface area contributed by atoms with Crippen LogP contribution in [-0.2, 0) is 16.1 Å². The monoisotopic (exact) mass is 478 g/mol. The molecule has 1 atom stereocenters. The number of amides is 1. The fourth-order valence-corrected chi connectivity index (χ4v) is 4.27. The highest BCUT2D eigenvalue weighted by Crippen LogP contribution is 2.42. The molecule has 1 aromatic heterocycles. The van der Waals surface area contributed by atoms with Crippen LogP contribution in [0.4, 0.5) is 0 Å². The number of carbonyl (C=O) groups is 2. The largest absolute Gasteiger partial charge is 0.507 e. The number of carbonyl (C=O) groups excluding carboxylic acids is 2. The van der Waals surface area contributed by atoms with Crippen molar-refractivity contribution < 1.29 is 33.5 Å². The second-order valence-electron chi connectivity index (χ2n) is 8.04. The first-order chi connectivity index (χ1) is 17.0. The zero-order valence-electron chi connectivity index (χ0n) is 19.9. The number of imidazole rings is 1. The molecule has 2 aromatic carbocycles. The highest BCUT2D eigenvalue weighted by molar-refractivity contribution is 6.46. The summed E-state index contributed by atoms with van der Waals surface area (Å²) in [6.07, 6.45) is 6.14. The van der Waals surface area contributed by atoms with Gasteiger partial charge in [-0.15, -0.1) is 0 Å². The van der Waals surface area contributed by atoms with Gasteiger partial charge in [-0.3, -0.25) is 14.6 Å². The molecule has 2 heterocycles. The lowest BCUT2D eigenvalue weighted by atomic mass is 9.95. The first-order valence-electron chi connectivity index (χ1n) is 11.1. The maximum atomic E-state index is 13.2. The number of H-pyrrole nitrogens is 1. The second kappa shape index (κ2) is 10.3. The minimum Gasteiger partial charge on any atom is -0.507 e. The maximum Gasteiger partial charge on any atom is 0.295 e. The SMILES string of the molecule is COc1ccc(C(O)=C2C(=O)C(=O)N(CCC[n+]3cc[nH]c3)C2c2ccc(OC)c(OC)c2)cc1. The third-order valence-electron chi connectivity index (χ3n) is 6.04. The lowest BCUT2D eigenvalue weighted by molar-refractivity contribution is -0.695. The van der Waals surface area contributed by atoms with Gasteiger partial charge in [0.25, 0.3) is 11.7 Å². The van der Waals surface area contributed by atoms with Crippen LogP contribution < -0.4 is 18.8 Å². The van der Waals surface area contributed by atoms with E-state index >= 15 is 0 Å². The first-order valence-corrected chi connectivity index (χ1v) is 11.1. The van der Waals surface area contributed by atoms with Crippen LogP contribution in [0.5, 0.6) is 17.2 Å². The number of aromatic nitrogens is 2. The van der Waals surface area contributed by atoms with Gasteiger partial charge in [0.1, 0.15) is 23.9 Å². The van der Waals surface area contributed by atoms with Crippen LogP contribution in [0.3, 0.4) is 0 Å². The Kier molecular flexibility index (Phi) is 7.05. The van der Waals surface area contributed by atoms with Crippen LogP contribution in [0.25, 0.3) is 5.76 Å². The summed E-state index contributed by atoms with van der Waals surface area (Å²) in [5, 5.41) is 11.2. The van der Waals surface area contributed by atoms with E-state index in [0.29, 0.717) is 47.9 Å². The summed E-state index contributed by atoms with van der Waals surface area (Å²) in [6, 6.07) is 11.1. The summed E-state index contributed by atoms with van der Waals surface area (Å²) in [5.41, 5.74) is 1.07. The fourth-order valence-electron chi connectivity index (χ4n) is 4.27. The highest BCUT2D eigenvalue weighted by atomic mass is 16.5. The van der Waals surface area contributed by atoms with Crippen LogP contribution in [0.2, 0.25) is 0 Å². The summed E-state index contributed by atoms with van der Waals surface area (Å²) in [6.45, 7) is 0.977. The summed E-state index contributed by atoms with van der Waals surface area (Å²) in [4.78, 5) is 30.8. The Hall–Kier alpha value is -4.27. The minimum atomic E-state index is -0.784. The second-order valence-corrected chi connectivity index (χ2v) is 8.04. The Balaban J connectivity index is 1.77. The molecule has 1 aliphatic rings. The van der Waals surface area contributed by atoms with Crippen LogP contribution in [0, 0.1) is 0 Å². The third-order valence-corrected chi connectivity index (χ3v) is 6.04. The van der Waals surface area contributed by atoms with E-state index in [1.165, 1.54) is 19.1 Å². The van der Waals surface area contributed by atoms with Crippen LogP contribution >= 0.6 is 0 Å². The normalized spacial score (nSPS) is 17.0. The molecule has 1 aliphatic heterocycles. The van der Waals surface area contributed by atoms with E-state index < -0.39 is 17.7 Å². The van der Waals surface area contributed by atoms with E-state index in [-0.39, 0.29) is 11.3 Å². The number of aliphatic hydroxyl groups excluding tert-OH is 1. The Morgan fingerprint density at radius 1 is 1.03 bits per heavy atom. The molecule has 1 saturated heterocycles. The van der Waals surface area contributed by atoms with E-state index in [0.717, 1.165) is 0 Å². The number of ether oxygens (including phenoxy) is 3. The number of nitrogens with one attached hydrogen (secondary N) is 1. The number of likely N-dealkylation sites (tertiary alicyclic amines) is 1. The van der Waals surface area contributed by atoms with Gasteiger partial charge >= 0.3 is 0 Å². The lowest BCUT2D eigenvalue weighted by Gasteiger charge is -2.25. The number of nitrogens with zero attached hydrogens (tertiary/aromatic N) is 2. The molecule has 0 saturated carbocycles. The van der Waals surface area contributed by atoms with Crippen molar-refractivity contribution in [2.24, 2.45) is 0 Å². The smallest absolute Gasteiger partial charge is 0.295 e. The van der Waals surface area contributed by atoms with E-state index in [1.54, 1.807) is 49.6 Å². The summed E-state index contributed by atoms with van der Waals surface area (Å²) in [5.74, 6) is -0.0320. The molecular weight excluding hydrogens is 450 g/mol. The van der Waals surface area contributed by atoms with Crippen molar-refractivity contribution in [1.82, 2.24) is 9.88 Å². The summed E-state index contributed by atoms with van der Waals surface area (Å²) >= 11 is 0. The number of hydrogen-bond donors (Lipinski definition) is 2. The molecule has 9 heteroatoms. The predicted molar refractivity (Wildman–Crippen MR) is 127 cm³/mol. The average Bonchev–Trinajstić information content (AvgIpc) is 3.50. The molecule has 3 aromatic rings. The van der Waals surface area contributed by atoms with Gasteiger partial charge in [-0.2, -0.15) is 0 Å². The zero-order chi connectivity index (χ0) is 24.9. The van der Waals surface area contributed by atoms with Crippen molar-refractivity contribution in [2.45, 2.75) is 19.0 Å². The van der Waals surface area contributed by atoms with Crippen molar-refractivity contribution in [3.63, 3.8) is 0 Å². The Morgan fingerprint density at radius 2 is 1.77 bits per heavy atom. The number of ketones is 1. The van der Waals surface area contributed by atoms with E-state index in [1.807, 2.05) is 23.3 Å². The van der Waals surface area contributed by atoms with Crippen LogP contribution in [0.1, 0.15) is 23.6 Å². The average molecular weight is 479 g/mol. The molecule has 182 valence electrons. The molecule has 1 amide bonds. The minimum absolute atomic E-state index is 0.0293. The van der Waals surface area contributed by atoms with Gasteiger partial charge in [-0.1, -0.05) is 6.07 Å². The quantitative estimate of drug-likeness (QED) is 0.212. The van der Waals surface area contributed by atoms with Crippen molar-refractivity contribution >= 4 is 17.4 Å². The third kappa shape index (κ3) is 4.70. The molecule has 1 fully saturated rings. The molecule has 35 heavy (non-hydrogen) atoms. The molecule has 9 nitrogen and oxygen atoms in total. The van der Waals surface area contributed by atoms with Crippen LogP contribution in [-0.4, -0.2) is 54.6 Å². The highest BCUT2D eigenvalue weighted by Gasteiger charge is 2.46. The maximum absolute atomic E-state index is 13.2. The number of benzene rings is 2. The summed E-state index contributed by atoms with van der Waals surface area (Å²) in [7, 11) is 4.60. The number of aryl methyl sites for hydroxylation is 1. The Morgan fingerprint density at radius 3 is 2.40 bits per heavy atom. The number of methoxy groups -OCH3 is 3. The van der Waals surface area contributed by atoms with Crippen LogP contribution in [0.15, 0.2) is 66.8 Å². The van der Waals surface area contributed by atoms with E-state index in [4.69, 9.17) is 14.2 Å². The zero-order valence-corrected chi connectivity index (χ0v) is 19.9.